The number of aliphatic hydroxyl groups is 1. The number of carbonyl (C=O) groups is 7. The van der Waals surface area contributed by atoms with Gasteiger partial charge in [-0.1, -0.05) is 0 Å². The van der Waals surface area contributed by atoms with Crippen molar-refractivity contribution < 1.29 is 54.0 Å². The molecule has 0 rings (SSSR count). The fourth-order valence-corrected chi connectivity index (χ4v) is 2.50. The number of rotatable bonds is 16. The third kappa shape index (κ3) is 11.7. The zero-order valence-electron chi connectivity index (χ0n) is 18.2. The van der Waals surface area contributed by atoms with Crippen molar-refractivity contribution in [2.24, 2.45) is 11.5 Å². The molecule has 4 amide bonds. The third-order valence-electron chi connectivity index (χ3n) is 4.40. The number of aliphatic hydroxyl groups excluding tert-OH is 1. The Morgan fingerprint density at radius 2 is 1.15 bits per heavy atom. The second-order valence-corrected chi connectivity index (χ2v) is 7.32. The summed E-state index contributed by atoms with van der Waals surface area (Å²) in [5.41, 5.74) is 10.5. The lowest BCUT2D eigenvalue weighted by Crippen LogP contribution is -2.58. The van der Waals surface area contributed by atoms with Gasteiger partial charge in [-0.05, 0) is 19.8 Å². The molecule has 0 aliphatic heterocycles. The summed E-state index contributed by atoms with van der Waals surface area (Å²) in [7, 11) is 0. The molecule has 0 aromatic rings. The fraction of sp³-hybridized carbons (Fsp3) is 0.611. The van der Waals surface area contributed by atoms with Crippen LogP contribution in [0.25, 0.3) is 0 Å². The highest BCUT2D eigenvalue weighted by atomic mass is 16.4. The quantitative estimate of drug-likeness (QED) is 0.0993. The molecule has 0 heterocycles. The van der Waals surface area contributed by atoms with Crippen LogP contribution in [-0.2, 0) is 33.6 Å². The highest BCUT2D eigenvalue weighted by Gasteiger charge is 2.32. The Bertz CT molecular complexity index is 801. The topological polar surface area (TPSA) is 289 Å². The van der Waals surface area contributed by atoms with Gasteiger partial charge in [-0.2, -0.15) is 0 Å². The Balaban J connectivity index is 5.61. The van der Waals surface area contributed by atoms with Gasteiger partial charge in [0.1, 0.15) is 24.2 Å². The van der Waals surface area contributed by atoms with Crippen LogP contribution in [0, 0.1) is 0 Å². The number of nitrogens with one attached hydrogen (secondary N) is 3. The van der Waals surface area contributed by atoms with Gasteiger partial charge in [-0.3, -0.25) is 28.8 Å². The van der Waals surface area contributed by atoms with Gasteiger partial charge < -0.3 is 47.8 Å². The summed E-state index contributed by atoms with van der Waals surface area (Å²) in [6, 6.07) is -6.41. The van der Waals surface area contributed by atoms with E-state index in [-0.39, 0.29) is 0 Å². The molecule has 11 N–H and O–H groups in total. The molecule has 0 saturated carbocycles. The summed E-state index contributed by atoms with van der Waals surface area (Å²) in [4.78, 5) is 81.5. The first-order valence-electron chi connectivity index (χ1n) is 9.95. The Hall–Kier alpha value is -3.79. The third-order valence-corrected chi connectivity index (χ3v) is 4.40. The average molecular weight is 491 g/mol. The van der Waals surface area contributed by atoms with Crippen LogP contribution in [0.5, 0.6) is 0 Å². The average Bonchev–Trinajstić information content (AvgIpc) is 2.71. The predicted octanol–water partition coefficient (Wildman–Crippen LogP) is -4.16. The molecule has 192 valence electrons. The van der Waals surface area contributed by atoms with Gasteiger partial charge in [0.25, 0.3) is 0 Å². The van der Waals surface area contributed by atoms with Crippen molar-refractivity contribution in [3.05, 3.63) is 0 Å². The number of carboxylic acids is 3. The molecule has 0 aliphatic rings. The molecule has 0 aromatic carbocycles. The van der Waals surface area contributed by atoms with Crippen molar-refractivity contribution >= 4 is 41.5 Å². The van der Waals surface area contributed by atoms with E-state index in [1.54, 1.807) is 0 Å². The second-order valence-electron chi connectivity index (χ2n) is 7.32. The van der Waals surface area contributed by atoms with Crippen molar-refractivity contribution in [3.8, 4) is 0 Å². The molecule has 0 aliphatic carbocycles. The molecule has 5 atom stereocenters. The Kier molecular flexibility index (Phi) is 12.8. The number of aliphatic carboxylic acids is 3. The predicted molar refractivity (Wildman–Crippen MR) is 111 cm³/mol. The van der Waals surface area contributed by atoms with Gasteiger partial charge in [0.05, 0.1) is 12.5 Å². The zero-order chi connectivity index (χ0) is 26.6. The van der Waals surface area contributed by atoms with E-state index in [2.05, 4.69) is 10.6 Å². The maximum absolute atomic E-state index is 12.6. The first-order chi connectivity index (χ1) is 15.6. The molecule has 0 aromatic heterocycles. The lowest BCUT2D eigenvalue weighted by atomic mass is 10.1. The van der Waals surface area contributed by atoms with E-state index in [1.807, 2.05) is 5.32 Å². The number of hydrogen-bond donors (Lipinski definition) is 9. The van der Waals surface area contributed by atoms with Crippen LogP contribution in [0.3, 0.4) is 0 Å². The van der Waals surface area contributed by atoms with Gasteiger partial charge in [-0.15, -0.1) is 0 Å². The highest BCUT2D eigenvalue weighted by Crippen LogP contribution is 2.05. The normalized spacial score (nSPS) is 15.0. The number of nitrogens with two attached hydrogens (primary N) is 2. The lowest BCUT2D eigenvalue weighted by molar-refractivity contribution is -0.144. The fourth-order valence-electron chi connectivity index (χ4n) is 2.50. The largest absolute Gasteiger partial charge is 0.481 e. The minimum absolute atomic E-state index is 0.492. The highest BCUT2D eigenvalue weighted by molar-refractivity contribution is 5.96. The summed E-state index contributed by atoms with van der Waals surface area (Å²) >= 11 is 0. The zero-order valence-corrected chi connectivity index (χ0v) is 18.2. The molecule has 0 radical (unpaired) electrons. The van der Waals surface area contributed by atoms with E-state index < -0.39 is 104 Å². The number of amides is 4. The van der Waals surface area contributed by atoms with E-state index in [9.17, 15) is 43.8 Å². The number of primary amides is 1. The SMILES string of the molecule is C[C@@H](O)[C@H](N)C(=O)N[C@@H](CC(N)=O)C(=O)N[C@@H](CCC(=O)O)C(=O)N[C@@H](CCC(=O)O)C(=O)O. The van der Waals surface area contributed by atoms with Crippen LogP contribution in [0.1, 0.15) is 39.0 Å². The maximum atomic E-state index is 12.6. The summed E-state index contributed by atoms with van der Waals surface area (Å²) in [6.07, 6.45) is -4.29. The Morgan fingerprint density at radius 3 is 1.56 bits per heavy atom. The summed E-state index contributed by atoms with van der Waals surface area (Å²) < 4.78 is 0. The van der Waals surface area contributed by atoms with E-state index in [4.69, 9.17) is 21.7 Å². The summed E-state index contributed by atoms with van der Waals surface area (Å²) in [5.74, 6) is -8.58. The van der Waals surface area contributed by atoms with E-state index in [0.717, 1.165) is 0 Å². The Morgan fingerprint density at radius 1 is 0.735 bits per heavy atom. The van der Waals surface area contributed by atoms with Crippen molar-refractivity contribution in [2.45, 2.75) is 69.3 Å². The van der Waals surface area contributed by atoms with Gasteiger partial charge in [0, 0.05) is 12.8 Å². The van der Waals surface area contributed by atoms with E-state index >= 15 is 0 Å². The van der Waals surface area contributed by atoms with Gasteiger partial charge in [-0.25, -0.2) is 4.79 Å². The number of hydrogen-bond acceptors (Lipinski definition) is 9. The number of carbonyl (C=O) groups excluding carboxylic acids is 4. The molecule has 34 heavy (non-hydrogen) atoms. The Labute approximate surface area is 193 Å². The molecular formula is C18H29N5O11. The number of carboxylic acid groups (broad SMARTS) is 3. The van der Waals surface area contributed by atoms with Crippen molar-refractivity contribution in [1.82, 2.24) is 16.0 Å². The second kappa shape index (κ2) is 14.4. The van der Waals surface area contributed by atoms with Gasteiger partial charge in [0.2, 0.25) is 23.6 Å². The molecule has 16 heteroatoms. The minimum Gasteiger partial charge on any atom is -0.481 e. The molecule has 0 spiro atoms. The minimum atomic E-state index is -1.66. The van der Waals surface area contributed by atoms with E-state index in [1.165, 1.54) is 6.92 Å². The van der Waals surface area contributed by atoms with Gasteiger partial charge in [0.15, 0.2) is 0 Å². The van der Waals surface area contributed by atoms with Crippen LogP contribution >= 0.6 is 0 Å². The monoisotopic (exact) mass is 491 g/mol. The smallest absolute Gasteiger partial charge is 0.326 e. The van der Waals surface area contributed by atoms with Crippen LogP contribution < -0.4 is 27.4 Å². The summed E-state index contributed by atoms with van der Waals surface area (Å²) in [5, 5.41) is 42.4. The van der Waals surface area contributed by atoms with Crippen LogP contribution in [0.15, 0.2) is 0 Å². The molecular weight excluding hydrogens is 462 g/mol. The maximum Gasteiger partial charge on any atom is 0.326 e. The molecule has 0 unspecified atom stereocenters. The van der Waals surface area contributed by atoms with E-state index in [0.29, 0.717) is 0 Å². The molecule has 0 fully saturated rings. The first-order valence-corrected chi connectivity index (χ1v) is 9.95. The summed E-state index contributed by atoms with van der Waals surface area (Å²) in [6.45, 7) is 1.20. The molecule has 0 bridgehead atoms. The van der Waals surface area contributed by atoms with Gasteiger partial charge >= 0.3 is 17.9 Å². The van der Waals surface area contributed by atoms with Crippen molar-refractivity contribution in [2.75, 3.05) is 0 Å². The molecule has 0 saturated heterocycles. The van der Waals surface area contributed by atoms with Crippen molar-refractivity contribution in [1.29, 1.82) is 0 Å². The van der Waals surface area contributed by atoms with Crippen LogP contribution in [0.4, 0.5) is 0 Å². The molecule has 16 nitrogen and oxygen atoms in total. The van der Waals surface area contributed by atoms with Crippen molar-refractivity contribution in [3.63, 3.8) is 0 Å². The lowest BCUT2D eigenvalue weighted by Gasteiger charge is -2.25. The van der Waals surface area contributed by atoms with Crippen LogP contribution in [0.2, 0.25) is 0 Å². The standard InChI is InChI=1S/C18H29N5O11/c1-7(24)14(20)17(32)23-10(6-11(19)25)16(31)21-8(2-4-12(26)27)15(30)22-9(18(33)34)3-5-13(28)29/h7-10,14,24H,2-6,20H2,1H3,(H2,19,25)(H,21,31)(H,22,30)(H,23,32)(H,26,27)(H,28,29)(H,33,34)/t7-,8+,9+,10+,14+/m1/s1. The first kappa shape index (κ1) is 30.2. The van der Waals surface area contributed by atoms with Crippen LogP contribution in [-0.4, -0.2) is 92.2 Å².